The topological polar surface area (TPSA) is 43.8 Å². The van der Waals surface area contributed by atoms with E-state index in [1.807, 2.05) is 0 Å². The summed E-state index contributed by atoms with van der Waals surface area (Å²) in [7, 11) is 3.58. The molecule has 1 heterocycles. The van der Waals surface area contributed by atoms with E-state index in [1.54, 1.807) is 19.0 Å². The molecule has 0 spiro atoms. The maximum Gasteiger partial charge on any atom is 0.222 e. The molecule has 0 aromatic heterocycles. The minimum absolute atomic E-state index is 0.107. The molecule has 0 bridgehead atoms. The van der Waals surface area contributed by atoms with E-state index in [0.717, 1.165) is 38.9 Å². The van der Waals surface area contributed by atoms with E-state index in [1.165, 1.54) is 0 Å². The van der Waals surface area contributed by atoms with Gasteiger partial charge in [-0.3, -0.25) is 4.79 Å². The quantitative estimate of drug-likeness (QED) is 0.732. The number of hydrogen-bond donors (Lipinski definition) is 1. The molecule has 1 saturated heterocycles. The van der Waals surface area contributed by atoms with Gasteiger partial charge < -0.3 is 14.9 Å². The molecule has 4 heteroatoms. The van der Waals surface area contributed by atoms with Crippen LogP contribution in [0, 0.1) is 0 Å². The van der Waals surface area contributed by atoms with Crippen LogP contribution in [0.3, 0.4) is 0 Å². The molecule has 1 rings (SSSR count). The first-order chi connectivity index (χ1) is 7.09. The molecule has 1 aliphatic rings. The van der Waals surface area contributed by atoms with Crippen molar-refractivity contribution in [2.45, 2.75) is 31.8 Å². The number of carbonyl (C=O) groups excluding carboxylic acids is 1. The molecule has 15 heavy (non-hydrogen) atoms. The number of aliphatic hydroxyl groups excluding tert-OH is 1. The van der Waals surface area contributed by atoms with Crippen LogP contribution in [0.15, 0.2) is 0 Å². The van der Waals surface area contributed by atoms with E-state index in [2.05, 4.69) is 4.90 Å². The van der Waals surface area contributed by atoms with Crippen LogP contribution in [0.5, 0.6) is 0 Å². The molecular formula is C11H22N2O2. The van der Waals surface area contributed by atoms with Gasteiger partial charge in [0.25, 0.3) is 0 Å². The van der Waals surface area contributed by atoms with Gasteiger partial charge in [-0.15, -0.1) is 0 Å². The minimum atomic E-state index is -0.107. The highest BCUT2D eigenvalue weighted by Crippen LogP contribution is 2.10. The van der Waals surface area contributed by atoms with E-state index in [0.29, 0.717) is 6.42 Å². The van der Waals surface area contributed by atoms with Crippen molar-refractivity contribution in [1.29, 1.82) is 0 Å². The Balaban J connectivity index is 2.08. The van der Waals surface area contributed by atoms with E-state index >= 15 is 0 Å². The third kappa shape index (κ3) is 4.62. The maximum absolute atomic E-state index is 11.3. The Morgan fingerprint density at radius 3 is 2.53 bits per heavy atom. The van der Waals surface area contributed by atoms with Gasteiger partial charge in [0.05, 0.1) is 6.10 Å². The van der Waals surface area contributed by atoms with E-state index in [9.17, 15) is 9.90 Å². The molecule has 88 valence electrons. The Morgan fingerprint density at radius 1 is 1.40 bits per heavy atom. The predicted molar refractivity (Wildman–Crippen MR) is 59.6 cm³/mol. The molecule has 0 saturated carbocycles. The van der Waals surface area contributed by atoms with Crippen LogP contribution in [0.2, 0.25) is 0 Å². The van der Waals surface area contributed by atoms with Crippen molar-refractivity contribution < 1.29 is 9.90 Å². The summed E-state index contributed by atoms with van der Waals surface area (Å²) >= 11 is 0. The molecule has 0 atom stereocenters. The summed E-state index contributed by atoms with van der Waals surface area (Å²) in [5, 5.41) is 9.33. The second kappa shape index (κ2) is 6.08. The highest BCUT2D eigenvalue weighted by molar-refractivity contribution is 5.75. The van der Waals surface area contributed by atoms with E-state index in [4.69, 9.17) is 0 Å². The molecule has 0 aromatic carbocycles. The summed E-state index contributed by atoms with van der Waals surface area (Å²) in [6, 6.07) is 0. The van der Waals surface area contributed by atoms with Crippen LogP contribution >= 0.6 is 0 Å². The molecule has 1 amide bonds. The molecular weight excluding hydrogens is 192 g/mol. The predicted octanol–water partition coefficient (Wildman–Crippen LogP) is 0.311. The largest absolute Gasteiger partial charge is 0.393 e. The first kappa shape index (κ1) is 12.5. The molecule has 1 fully saturated rings. The summed E-state index contributed by atoms with van der Waals surface area (Å²) in [4.78, 5) is 15.3. The fourth-order valence-corrected chi connectivity index (χ4v) is 1.82. The number of aliphatic hydroxyl groups is 1. The molecule has 0 unspecified atom stereocenters. The van der Waals surface area contributed by atoms with Crippen LogP contribution < -0.4 is 0 Å². The lowest BCUT2D eigenvalue weighted by molar-refractivity contribution is -0.128. The average Bonchev–Trinajstić information content (AvgIpc) is 2.20. The standard InChI is InChI=1S/C11H22N2O2/c1-12(2)11(15)4-3-7-13-8-5-10(14)6-9-13/h10,14H,3-9H2,1-2H3. The monoisotopic (exact) mass is 214 g/mol. The fraction of sp³-hybridized carbons (Fsp3) is 0.909. The lowest BCUT2D eigenvalue weighted by Crippen LogP contribution is -2.36. The zero-order valence-electron chi connectivity index (χ0n) is 9.78. The number of amides is 1. The second-order valence-electron chi connectivity index (χ2n) is 4.46. The van der Waals surface area contributed by atoms with Gasteiger partial charge in [0.1, 0.15) is 0 Å². The smallest absolute Gasteiger partial charge is 0.222 e. The third-order valence-electron chi connectivity index (χ3n) is 2.92. The maximum atomic E-state index is 11.3. The fourth-order valence-electron chi connectivity index (χ4n) is 1.82. The van der Waals surface area contributed by atoms with Crippen molar-refractivity contribution in [3.8, 4) is 0 Å². The van der Waals surface area contributed by atoms with Crippen LogP contribution in [0.4, 0.5) is 0 Å². The van der Waals surface area contributed by atoms with Gasteiger partial charge in [0, 0.05) is 33.6 Å². The Hall–Kier alpha value is -0.610. The van der Waals surface area contributed by atoms with Gasteiger partial charge >= 0.3 is 0 Å². The first-order valence-electron chi connectivity index (χ1n) is 5.70. The zero-order chi connectivity index (χ0) is 11.3. The van der Waals surface area contributed by atoms with Gasteiger partial charge in [-0.2, -0.15) is 0 Å². The summed E-state index contributed by atoms with van der Waals surface area (Å²) in [6.07, 6.45) is 3.20. The SMILES string of the molecule is CN(C)C(=O)CCCN1CCC(O)CC1. The van der Waals surface area contributed by atoms with E-state index < -0.39 is 0 Å². The lowest BCUT2D eigenvalue weighted by atomic mass is 10.1. The van der Waals surface area contributed by atoms with Gasteiger partial charge in [-0.05, 0) is 25.8 Å². The number of carbonyl (C=O) groups is 1. The van der Waals surface area contributed by atoms with Crippen molar-refractivity contribution in [3.05, 3.63) is 0 Å². The molecule has 0 radical (unpaired) electrons. The summed E-state index contributed by atoms with van der Waals surface area (Å²) in [6.45, 7) is 2.92. The molecule has 1 aliphatic heterocycles. The lowest BCUT2D eigenvalue weighted by Gasteiger charge is -2.29. The van der Waals surface area contributed by atoms with E-state index in [-0.39, 0.29) is 12.0 Å². The number of nitrogens with zero attached hydrogens (tertiary/aromatic N) is 2. The van der Waals surface area contributed by atoms with Gasteiger partial charge in [0.15, 0.2) is 0 Å². The molecule has 0 aliphatic carbocycles. The molecule has 0 aromatic rings. The Labute approximate surface area is 91.9 Å². The first-order valence-corrected chi connectivity index (χ1v) is 5.70. The van der Waals surface area contributed by atoms with Crippen molar-refractivity contribution in [2.75, 3.05) is 33.7 Å². The number of rotatable bonds is 4. The van der Waals surface area contributed by atoms with Crippen LogP contribution in [0.1, 0.15) is 25.7 Å². The third-order valence-corrected chi connectivity index (χ3v) is 2.92. The van der Waals surface area contributed by atoms with Crippen molar-refractivity contribution in [3.63, 3.8) is 0 Å². The van der Waals surface area contributed by atoms with Crippen LogP contribution in [-0.4, -0.2) is 60.6 Å². The summed E-state index contributed by atoms with van der Waals surface area (Å²) < 4.78 is 0. The highest BCUT2D eigenvalue weighted by atomic mass is 16.3. The summed E-state index contributed by atoms with van der Waals surface area (Å²) in [5.74, 6) is 0.201. The van der Waals surface area contributed by atoms with Crippen LogP contribution in [-0.2, 0) is 4.79 Å². The normalized spacial score (nSPS) is 19.1. The number of hydrogen-bond acceptors (Lipinski definition) is 3. The zero-order valence-corrected chi connectivity index (χ0v) is 9.78. The van der Waals surface area contributed by atoms with Gasteiger partial charge in [-0.1, -0.05) is 0 Å². The molecule has 1 N–H and O–H groups in total. The van der Waals surface area contributed by atoms with Crippen LogP contribution in [0.25, 0.3) is 0 Å². The molecule has 4 nitrogen and oxygen atoms in total. The summed E-state index contributed by atoms with van der Waals surface area (Å²) in [5.41, 5.74) is 0. The number of likely N-dealkylation sites (tertiary alicyclic amines) is 1. The van der Waals surface area contributed by atoms with Crippen molar-refractivity contribution >= 4 is 5.91 Å². The Morgan fingerprint density at radius 2 is 2.00 bits per heavy atom. The second-order valence-corrected chi connectivity index (χ2v) is 4.46. The number of piperidine rings is 1. The van der Waals surface area contributed by atoms with Gasteiger partial charge in [0.2, 0.25) is 5.91 Å². The van der Waals surface area contributed by atoms with Crippen molar-refractivity contribution in [2.24, 2.45) is 0 Å². The Kier molecular flexibility index (Phi) is 5.05. The van der Waals surface area contributed by atoms with Gasteiger partial charge in [-0.25, -0.2) is 0 Å². The average molecular weight is 214 g/mol. The Bertz CT molecular complexity index is 199. The minimum Gasteiger partial charge on any atom is -0.393 e. The van der Waals surface area contributed by atoms with Crippen molar-refractivity contribution in [1.82, 2.24) is 9.80 Å². The highest BCUT2D eigenvalue weighted by Gasteiger charge is 2.16.